The molecule has 0 aromatic carbocycles. The van der Waals surface area contributed by atoms with E-state index in [4.69, 9.17) is 0 Å². The van der Waals surface area contributed by atoms with Crippen molar-refractivity contribution in [1.82, 2.24) is 10.0 Å². The molecule has 1 saturated heterocycles. The number of sulfonamides is 1. The summed E-state index contributed by atoms with van der Waals surface area (Å²) < 4.78 is 47.8. The van der Waals surface area contributed by atoms with Gasteiger partial charge in [-0.3, -0.25) is 0 Å². The van der Waals surface area contributed by atoms with Crippen molar-refractivity contribution >= 4 is 19.9 Å². The van der Waals surface area contributed by atoms with E-state index in [0.29, 0.717) is 13.0 Å². The topological polar surface area (TPSA) is 92.3 Å². The molecule has 6 nitrogen and oxygen atoms in total. The Morgan fingerprint density at radius 3 is 2.65 bits per heavy atom. The Morgan fingerprint density at radius 1 is 1.35 bits per heavy atom. The van der Waals surface area contributed by atoms with Crippen LogP contribution in [0.1, 0.15) is 19.8 Å². The highest BCUT2D eigenvalue weighted by Crippen LogP contribution is 2.11. The molecule has 0 saturated carbocycles. The van der Waals surface area contributed by atoms with Crippen molar-refractivity contribution < 1.29 is 16.8 Å². The number of rotatable bonds is 6. The fourth-order valence-electron chi connectivity index (χ4n) is 1.87. The Balaban J connectivity index is 2.32. The second-order valence-corrected chi connectivity index (χ2v) is 8.38. The van der Waals surface area contributed by atoms with E-state index in [-0.39, 0.29) is 29.8 Å². The van der Waals surface area contributed by atoms with Crippen molar-refractivity contribution in [1.29, 1.82) is 0 Å². The van der Waals surface area contributed by atoms with E-state index in [2.05, 4.69) is 10.0 Å². The number of sulfone groups is 1. The third-order valence-electron chi connectivity index (χ3n) is 2.63. The van der Waals surface area contributed by atoms with Crippen LogP contribution in [0.15, 0.2) is 0 Å². The van der Waals surface area contributed by atoms with E-state index >= 15 is 0 Å². The van der Waals surface area contributed by atoms with Crippen LogP contribution in [0.2, 0.25) is 0 Å². The van der Waals surface area contributed by atoms with Gasteiger partial charge >= 0.3 is 0 Å². The zero-order valence-electron chi connectivity index (χ0n) is 9.98. The van der Waals surface area contributed by atoms with Crippen LogP contribution in [0.4, 0.5) is 0 Å². The molecule has 0 amide bonds. The normalized spacial score (nSPS) is 24.6. The molecule has 0 spiro atoms. The molecule has 1 aliphatic rings. The molecule has 1 heterocycles. The van der Waals surface area contributed by atoms with Gasteiger partial charge in [0.2, 0.25) is 10.0 Å². The third-order valence-corrected chi connectivity index (χ3v) is 5.92. The highest BCUT2D eigenvalue weighted by molar-refractivity contribution is 7.91. The average Bonchev–Trinajstić information content (AvgIpc) is 2.15. The lowest BCUT2D eigenvalue weighted by Crippen LogP contribution is -2.43. The van der Waals surface area contributed by atoms with E-state index in [1.54, 1.807) is 6.92 Å². The van der Waals surface area contributed by atoms with E-state index < -0.39 is 19.9 Å². The molecule has 1 fully saturated rings. The lowest BCUT2D eigenvalue weighted by molar-refractivity contribution is 0.489. The van der Waals surface area contributed by atoms with Crippen molar-refractivity contribution in [3.8, 4) is 0 Å². The largest absolute Gasteiger partial charge is 0.312 e. The van der Waals surface area contributed by atoms with E-state index in [1.165, 1.54) is 0 Å². The van der Waals surface area contributed by atoms with Crippen LogP contribution < -0.4 is 10.0 Å². The van der Waals surface area contributed by atoms with E-state index in [0.717, 1.165) is 6.42 Å². The van der Waals surface area contributed by atoms with E-state index in [1.807, 2.05) is 0 Å². The lowest BCUT2D eigenvalue weighted by Gasteiger charge is -2.22. The van der Waals surface area contributed by atoms with Crippen LogP contribution in [0.3, 0.4) is 0 Å². The van der Waals surface area contributed by atoms with Crippen LogP contribution in [0.25, 0.3) is 0 Å². The Bertz CT molecular complexity index is 430. The van der Waals surface area contributed by atoms with Gasteiger partial charge in [0.15, 0.2) is 9.84 Å². The molecule has 0 radical (unpaired) electrons. The van der Waals surface area contributed by atoms with Gasteiger partial charge in [-0.05, 0) is 12.8 Å². The van der Waals surface area contributed by atoms with Gasteiger partial charge in [-0.25, -0.2) is 21.6 Å². The highest BCUT2D eigenvalue weighted by atomic mass is 32.2. The molecule has 1 unspecified atom stereocenters. The Hall–Kier alpha value is -0.180. The van der Waals surface area contributed by atoms with Crippen molar-refractivity contribution in [2.24, 2.45) is 0 Å². The molecular formula is C9H20N2O4S2. The Labute approximate surface area is 103 Å². The van der Waals surface area contributed by atoms with Crippen molar-refractivity contribution in [2.45, 2.75) is 25.8 Å². The van der Waals surface area contributed by atoms with Gasteiger partial charge in [0.25, 0.3) is 0 Å². The summed E-state index contributed by atoms with van der Waals surface area (Å²) in [7, 11) is -6.16. The summed E-state index contributed by atoms with van der Waals surface area (Å²) in [5.74, 6) is 0.354. The minimum absolute atomic E-state index is 0.0165. The van der Waals surface area contributed by atoms with Crippen LogP contribution in [0.5, 0.6) is 0 Å². The Kier molecular flexibility index (Phi) is 5.36. The zero-order chi connectivity index (χ0) is 12.9. The maximum absolute atomic E-state index is 11.4. The van der Waals surface area contributed by atoms with Crippen LogP contribution in [0, 0.1) is 0 Å². The van der Waals surface area contributed by atoms with Crippen molar-refractivity contribution in [3.63, 3.8) is 0 Å². The molecule has 102 valence electrons. The molecule has 1 atom stereocenters. The number of nitrogens with one attached hydrogen (secondary N) is 2. The van der Waals surface area contributed by atoms with Gasteiger partial charge in [0.05, 0.1) is 17.3 Å². The summed E-state index contributed by atoms with van der Waals surface area (Å²) >= 11 is 0. The monoisotopic (exact) mass is 284 g/mol. The summed E-state index contributed by atoms with van der Waals surface area (Å²) in [6.07, 6.45) is 1.44. The molecule has 0 aromatic heterocycles. The van der Waals surface area contributed by atoms with Crippen LogP contribution in [-0.4, -0.2) is 53.2 Å². The summed E-state index contributed by atoms with van der Waals surface area (Å²) in [6, 6.07) is -0.106. The van der Waals surface area contributed by atoms with Gasteiger partial charge in [0, 0.05) is 19.1 Å². The molecule has 1 rings (SSSR count). The van der Waals surface area contributed by atoms with Gasteiger partial charge in [-0.15, -0.1) is 0 Å². The van der Waals surface area contributed by atoms with Crippen molar-refractivity contribution in [3.05, 3.63) is 0 Å². The van der Waals surface area contributed by atoms with Gasteiger partial charge in [0.1, 0.15) is 0 Å². The number of hydrogen-bond acceptors (Lipinski definition) is 5. The molecule has 8 heteroatoms. The second-order valence-electron chi connectivity index (χ2n) is 4.22. The minimum atomic E-state index is -3.22. The first-order valence-electron chi connectivity index (χ1n) is 5.76. The Morgan fingerprint density at radius 2 is 2.06 bits per heavy atom. The molecule has 0 aromatic rings. The minimum Gasteiger partial charge on any atom is -0.312 e. The quantitative estimate of drug-likeness (QED) is 0.659. The smallest absolute Gasteiger partial charge is 0.212 e. The lowest BCUT2D eigenvalue weighted by atomic mass is 10.2. The highest BCUT2D eigenvalue weighted by Gasteiger charge is 2.24. The SMILES string of the molecule is CCNS(=O)(=O)CCNC1CCCS(=O)(=O)C1. The molecular weight excluding hydrogens is 264 g/mol. The number of hydrogen-bond donors (Lipinski definition) is 2. The molecule has 2 N–H and O–H groups in total. The first-order valence-corrected chi connectivity index (χ1v) is 9.23. The summed E-state index contributed by atoms with van der Waals surface area (Å²) in [5, 5.41) is 2.99. The van der Waals surface area contributed by atoms with Crippen LogP contribution >= 0.6 is 0 Å². The molecule has 17 heavy (non-hydrogen) atoms. The van der Waals surface area contributed by atoms with Crippen molar-refractivity contribution in [2.75, 3.05) is 30.3 Å². The van der Waals surface area contributed by atoms with Crippen LogP contribution in [-0.2, 0) is 19.9 Å². The van der Waals surface area contributed by atoms with E-state index in [9.17, 15) is 16.8 Å². The zero-order valence-corrected chi connectivity index (χ0v) is 11.6. The first-order chi connectivity index (χ1) is 7.85. The summed E-state index contributed by atoms with van der Waals surface area (Å²) in [4.78, 5) is 0. The fourth-order valence-corrected chi connectivity index (χ4v) is 4.51. The van der Waals surface area contributed by atoms with Gasteiger partial charge < -0.3 is 5.32 Å². The average molecular weight is 284 g/mol. The second kappa shape index (κ2) is 6.12. The summed E-state index contributed by atoms with van der Waals surface area (Å²) in [5.41, 5.74) is 0. The maximum Gasteiger partial charge on any atom is 0.212 e. The molecule has 0 bridgehead atoms. The standard InChI is InChI=1S/C9H20N2O4S2/c1-2-11-17(14,15)7-5-10-9-4-3-6-16(12,13)8-9/h9-11H,2-8H2,1H3. The third kappa shape index (κ3) is 5.80. The maximum atomic E-state index is 11.4. The predicted octanol–water partition coefficient (Wildman–Crippen LogP) is -0.907. The fraction of sp³-hybridized carbons (Fsp3) is 1.00. The summed E-state index contributed by atoms with van der Waals surface area (Å²) in [6.45, 7) is 2.38. The molecule has 1 aliphatic heterocycles. The molecule has 0 aliphatic carbocycles. The first kappa shape index (κ1) is 14.9. The van der Waals surface area contributed by atoms with Gasteiger partial charge in [-0.1, -0.05) is 6.92 Å². The predicted molar refractivity (Wildman–Crippen MR) is 67.1 cm³/mol. The van der Waals surface area contributed by atoms with Gasteiger partial charge in [-0.2, -0.15) is 0 Å².